The van der Waals surface area contributed by atoms with Crippen LogP contribution in [0.1, 0.15) is 87.1 Å². The first-order valence-corrected chi connectivity index (χ1v) is 12.1. The lowest BCUT2D eigenvalue weighted by Crippen LogP contribution is -2.32. The van der Waals surface area contributed by atoms with Gasteiger partial charge in [-0.3, -0.25) is 9.59 Å². The van der Waals surface area contributed by atoms with Gasteiger partial charge >= 0.3 is 0 Å². The summed E-state index contributed by atoms with van der Waals surface area (Å²) in [5.41, 5.74) is 5.01. The molecule has 3 rings (SSSR count). The van der Waals surface area contributed by atoms with Crippen LogP contribution in [0.2, 0.25) is 0 Å². The number of carbonyl (C=O) groups is 2. The van der Waals surface area contributed by atoms with Crippen molar-refractivity contribution in [3.05, 3.63) is 65.7 Å². The molecule has 2 aromatic carbocycles. The monoisotopic (exact) mass is 433 g/mol. The van der Waals surface area contributed by atoms with Gasteiger partial charge in [-0.2, -0.15) is 5.10 Å². The molecule has 1 heterocycles. The fraction of sp³-hybridized carbons (Fsp3) is 0.444. The van der Waals surface area contributed by atoms with E-state index in [1.54, 1.807) is 29.2 Å². The van der Waals surface area contributed by atoms with E-state index in [9.17, 15) is 9.59 Å². The number of para-hydroxylation sites is 1. The lowest BCUT2D eigenvalue weighted by atomic mass is 10.1. The Kier molecular flexibility index (Phi) is 9.48. The number of hydrazone groups is 1. The van der Waals surface area contributed by atoms with Crippen LogP contribution < -0.4 is 10.3 Å². The van der Waals surface area contributed by atoms with Crippen LogP contribution in [-0.4, -0.2) is 24.1 Å². The van der Waals surface area contributed by atoms with Crippen molar-refractivity contribution in [2.75, 3.05) is 11.4 Å². The van der Waals surface area contributed by atoms with E-state index in [1.807, 2.05) is 30.3 Å². The highest BCUT2D eigenvalue weighted by molar-refractivity contribution is 6.54. The number of nitrogens with one attached hydrogen (secondary N) is 1. The van der Waals surface area contributed by atoms with Crippen LogP contribution >= 0.6 is 0 Å². The molecule has 1 aliphatic rings. The van der Waals surface area contributed by atoms with Gasteiger partial charge in [0.1, 0.15) is 0 Å². The SMILES string of the molecule is CCCCCCCCCCCCN1C(=O)C(=NNC(=O)c2ccccc2)c2ccccc21. The first kappa shape index (κ1) is 23.7. The predicted molar refractivity (Wildman–Crippen MR) is 131 cm³/mol. The maximum absolute atomic E-state index is 13.0. The molecule has 0 radical (unpaired) electrons. The number of anilines is 1. The smallest absolute Gasteiger partial charge is 0.279 e. The molecule has 2 amide bonds. The summed E-state index contributed by atoms with van der Waals surface area (Å²) in [6, 6.07) is 16.6. The van der Waals surface area contributed by atoms with Crippen molar-refractivity contribution in [3.63, 3.8) is 0 Å². The second kappa shape index (κ2) is 12.8. The number of carbonyl (C=O) groups excluding carboxylic acids is 2. The standard InChI is InChI=1S/C27H35N3O2/c1-2-3-4-5-6-7-8-9-10-16-21-30-24-20-15-14-19-23(24)25(27(30)32)28-29-26(31)22-17-12-11-13-18-22/h11-15,17-20H,2-10,16,21H2,1H3,(H,29,31). The largest absolute Gasteiger partial charge is 0.306 e. The molecule has 0 aromatic heterocycles. The molecule has 0 spiro atoms. The van der Waals surface area contributed by atoms with E-state index in [2.05, 4.69) is 17.5 Å². The average molecular weight is 434 g/mol. The Labute approximate surface area is 191 Å². The van der Waals surface area contributed by atoms with E-state index < -0.39 is 0 Å². The third-order valence-electron chi connectivity index (χ3n) is 5.94. The van der Waals surface area contributed by atoms with E-state index in [4.69, 9.17) is 0 Å². The molecule has 0 bridgehead atoms. The van der Waals surface area contributed by atoms with Crippen molar-refractivity contribution in [1.29, 1.82) is 0 Å². The van der Waals surface area contributed by atoms with Gasteiger partial charge in [-0.25, -0.2) is 5.43 Å². The summed E-state index contributed by atoms with van der Waals surface area (Å²) in [5, 5.41) is 4.20. The fourth-order valence-corrected chi connectivity index (χ4v) is 4.11. The number of amides is 2. The van der Waals surface area contributed by atoms with Gasteiger partial charge < -0.3 is 4.90 Å². The lowest BCUT2D eigenvalue weighted by Gasteiger charge is -2.16. The number of nitrogens with zero attached hydrogens (tertiary/aromatic N) is 2. The molecule has 0 saturated heterocycles. The minimum atomic E-state index is -0.323. The second-order valence-corrected chi connectivity index (χ2v) is 8.42. The summed E-state index contributed by atoms with van der Waals surface area (Å²) in [5.74, 6) is -0.466. The summed E-state index contributed by atoms with van der Waals surface area (Å²) in [6.07, 6.45) is 12.6. The minimum Gasteiger partial charge on any atom is -0.306 e. The number of benzene rings is 2. The number of hydrogen-bond donors (Lipinski definition) is 1. The van der Waals surface area contributed by atoms with Gasteiger partial charge in [0.25, 0.3) is 11.8 Å². The Morgan fingerprint density at radius 3 is 2.09 bits per heavy atom. The third kappa shape index (κ3) is 6.52. The summed E-state index contributed by atoms with van der Waals surface area (Å²) in [4.78, 5) is 27.2. The molecule has 2 aromatic rings. The lowest BCUT2D eigenvalue weighted by molar-refractivity contribution is -0.112. The highest BCUT2D eigenvalue weighted by Gasteiger charge is 2.33. The number of unbranched alkanes of at least 4 members (excludes halogenated alkanes) is 9. The highest BCUT2D eigenvalue weighted by Crippen LogP contribution is 2.29. The summed E-state index contributed by atoms with van der Waals surface area (Å²) in [6.45, 7) is 2.93. The zero-order valence-corrected chi connectivity index (χ0v) is 19.2. The zero-order chi connectivity index (χ0) is 22.6. The molecular formula is C27H35N3O2. The van der Waals surface area contributed by atoms with E-state index in [-0.39, 0.29) is 11.8 Å². The van der Waals surface area contributed by atoms with Crippen LogP contribution in [0, 0.1) is 0 Å². The summed E-state index contributed by atoms with van der Waals surface area (Å²) >= 11 is 0. The van der Waals surface area contributed by atoms with E-state index >= 15 is 0 Å². The Morgan fingerprint density at radius 1 is 0.812 bits per heavy atom. The van der Waals surface area contributed by atoms with Crippen LogP contribution in [0.4, 0.5) is 5.69 Å². The summed E-state index contributed by atoms with van der Waals surface area (Å²) in [7, 11) is 0. The molecule has 0 atom stereocenters. The van der Waals surface area contributed by atoms with Gasteiger partial charge in [-0.1, -0.05) is 101 Å². The van der Waals surface area contributed by atoms with Crippen LogP contribution in [-0.2, 0) is 4.79 Å². The Morgan fingerprint density at radius 2 is 1.41 bits per heavy atom. The Hall–Kier alpha value is -2.95. The number of hydrogen-bond acceptors (Lipinski definition) is 3. The maximum Gasteiger partial charge on any atom is 0.279 e. The molecule has 32 heavy (non-hydrogen) atoms. The molecule has 170 valence electrons. The van der Waals surface area contributed by atoms with Crippen molar-refractivity contribution in [1.82, 2.24) is 5.43 Å². The van der Waals surface area contributed by atoms with E-state index in [0.717, 1.165) is 24.1 Å². The van der Waals surface area contributed by atoms with Gasteiger partial charge in [0, 0.05) is 17.7 Å². The van der Waals surface area contributed by atoms with Gasteiger partial charge in [0.05, 0.1) is 5.69 Å². The first-order valence-electron chi connectivity index (χ1n) is 12.1. The molecular weight excluding hydrogens is 398 g/mol. The molecule has 5 nitrogen and oxygen atoms in total. The summed E-state index contributed by atoms with van der Waals surface area (Å²) < 4.78 is 0. The topological polar surface area (TPSA) is 61.8 Å². The average Bonchev–Trinajstić information content (AvgIpc) is 3.10. The Bertz CT molecular complexity index is 908. The Balaban J connectivity index is 1.49. The minimum absolute atomic E-state index is 0.143. The van der Waals surface area contributed by atoms with Crippen molar-refractivity contribution in [2.24, 2.45) is 5.10 Å². The maximum atomic E-state index is 13.0. The van der Waals surface area contributed by atoms with Crippen molar-refractivity contribution in [2.45, 2.75) is 71.1 Å². The zero-order valence-electron chi connectivity index (χ0n) is 19.2. The molecule has 0 fully saturated rings. The van der Waals surface area contributed by atoms with Crippen LogP contribution in [0.25, 0.3) is 0 Å². The van der Waals surface area contributed by atoms with Crippen molar-refractivity contribution in [3.8, 4) is 0 Å². The first-order chi connectivity index (χ1) is 15.7. The van der Waals surface area contributed by atoms with Gasteiger partial charge in [0.2, 0.25) is 0 Å². The van der Waals surface area contributed by atoms with Gasteiger partial charge in [-0.15, -0.1) is 0 Å². The van der Waals surface area contributed by atoms with Gasteiger partial charge in [-0.05, 0) is 24.6 Å². The van der Waals surface area contributed by atoms with E-state index in [0.29, 0.717) is 17.8 Å². The van der Waals surface area contributed by atoms with Crippen LogP contribution in [0.5, 0.6) is 0 Å². The van der Waals surface area contributed by atoms with Crippen LogP contribution in [0.3, 0.4) is 0 Å². The highest BCUT2D eigenvalue weighted by atomic mass is 16.2. The molecule has 0 unspecified atom stereocenters. The van der Waals surface area contributed by atoms with Crippen molar-refractivity contribution >= 4 is 23.2 Å². The predicted octanol–water partition coefficient (Wildman–Crippen LogP) is 6.09. The van der Waals surface area contributed by atoms with Crippen molar-refractivity contribution < 1.29 is 9.59 Å². The molecule has 0 saturated carbocycles. The molecule has 1 N–H and O–H groups in total. The molecule has 1 aliphatic heterocycles. The number of rotatable bonds is 13. The second-order valence-electron chi connectivity index (χ2n) is 8.42. The normalized spacial score (nSPS) is 14.1. The van der Waals surface area contributed by atoms with E-state index in [1.165, 1.54) is 51.4 Å². The molecule has 0 aliphatic carbocycles. The fourth-order valence-electron chi connectivity index (χ4n) is 4.11. The van der Waals surface area contributed by atoms with Gasteiger partial charge in [0.15, 0.2) is 5.71 Å². The number of fused-ring (bicyclic) bond motifs is 1. The molecule has 5 heteroatoms. The van der Waals surface area contributed by atoms with Crippen LogP contribution in [0.15, 0.2) is 59.7 Å². The quantitative estimate of drug-likeness (QED) is 0.307. The third-order valence-corrected chi connectivity index (χ3v) is 5.94.